The number of nitrogens with zero attached hydrogens (tertiary/aromatic N) is 1. The highest BCUT2D eigenvalue weighted by molar-refractivity contribution is 7.92. The van der Waals surface area contributed by atoms with Crippen molar-refractivity contribution in [1.29, 1.82) is 0 Å². The maximum absolute atomic E-state index is 12.8. The molecule has 0 unspecified atom stereocenters. The predicted octanol–water partition coefficient (Wildman–Crippen LogP) is 4.96. The van der Waals surface area contributed by atoms with Crippen molar-refractivity contribution in [3.05, 3.63) is 71.1 Å². The van der Waals surface area contributed by atoms with Crippen LogP contribution in [0.4, 0.5) is 5.69 Å². The number of benzene rings is 2. The number of carboxylic acid groups (broad SMARTS) is 1. The van der Waals surface area contributed by atoms with Crippen molar-refractivity contribution in [1.82, 2.24) is 0 Å². The van der Waals surface area contributed by atoms with E-state index in [1.807, 2.05) is 17.5 Å². The molecule has 3 aromatic rings. The molecule has 3 rings (SSSR count). The number of thiophene rings is 1. The first-order valence-corrected chi connectivity index (χ1v) is 13.5. The van der Waals surface area contributed by atoms with Crippen LogP contribution in [0.15, 0.2) is 60.0 Å². The normalized spacial score (nSPS) is 11.9. The van der Waals surface area contributed by atoms with Crippen molar-refractivity contribution >= 4 is 44.9 Å². The number of carbonyl (C=O) groups excluding carboxylic acids is 1. The second-order valence-corrected chi connectivity index (χ2v) is 11.4. The van der Waals surface area contributed by atoms with Crippen molar-refractivity contribution in [3.63, 3.8) is 0 Å². The summed E-state index contributed by atoms with van der Waals surface area (Å²) in [4.78, 5) is 25.3. The number of methoxy groups -OCH3 is 1. The Morgan fingerprint density at radius 3 is 2.28 bits per heavy atom. The van der Waals surface area contributed by atoms with E-state index in [-0.39, 0.29) is 5.78 Å². The van der Waals surface area contributed by atoms with Gasteiger partial charge in [0.05, 0.1) is 19.1 Å². The molecule has 0 aliphatic rings. The average Bonchev–Trinajstić information content (AvgIpc) is 3.36. The molecule has 0 aliphatic carbocycles. The molecule has 0 fully saturated rings. The monoisotopic (exact) mass is 529 g/mol. The van der Waals surface area contributed by atoms with Gasteiger partial charge in [0.15, 0.2) is 11.4 Å². The summed E-state index contributed by atoms with van der Waals surface area (Å²) < 4.78 is 35.9. The molecule has 0 amide bonds. The van der Waals surface area contributed by atoms with Gasteiger partial charge in [0.1, 0.15) is 11.5 Å². The molecule has 0 spiro atoms. The van der Waals surface area contributed by atoms with Crippen LogP contribution in [0.25, 0.3) is 16.5 Å². The molecule has 10 heteroatoms. The van der Waals surface area contributed by atoms with Gasteiger partial charge in [-0.2, -0.15) is 0 Å². The highest BCUT2D eigenvalue weighted by atomic mass is 32.2. The topological polar surface area (TPSA) is 110 Å². The molecule has 2 aromatic carbocycles. The number of carboxylic acids is 1. The number of hydrogen-bond donors (Lipinski definition) is 1. The minimum Gasteiger partial charge on any atom is -0.496 e. The lowest BCUT2D eigenvalue weighted by Crippen LogP contribution is -2.38. The molecule has 0 bridgehead atoms. The van der Waals surface area contributed by atoms with Crippen LogP contribution < -0.4 is 13.8 Å². The quantitative estimate of drug-likeness (QED) is 0.292. The Balaban J connectivity index is 1.95. The summed E-state index contributed by atoms with van der Waals surface area (Å²) in [6.45, 7) is 2.93. The Morgan fingerprint density at radius 1 is 1.08 bits per heavy atom. The number of ether oxygens (including phenoxy) is 2. The highest BCUT2D eigenvalue weighted by Crippen LogP contribution is 2.40. The Bertz CT molecular complexity index is 1390. The summed E-state index contributed by atoms with van der Waals surface area (Å²) in [5.74, 6) is -0.644. The third kappa shape index (κ3) is 6.13. The summed E-state index contributed by atoms with van der Waals surface area (Å²) in [6, 6.07) is 13.4. The first-order chi connectivity index (χ1) is 16.8. The van der Waals surface area contributed by atoms with Crippen molar-refractivity contribution in [2.24, 2.45) is 0 Å². The van der Waals surface area contributed by atoms with Gasteiger partial charge in [-0.1, -0.05) is 6.07 Å². The van der Waals surface area contributed by atoms with Crippen LogP contribution in [-0.4, -0.2) is 51.3 Å². The maximum atomic E-state index is 12.8. The van der Waals surface area contributed by atoms with E-state index >= 15 is 0 Å². The summed E-state index contributed by atoms with van der Waals surface area (Å²) in [5, 5.41) is 11.4. The molecule has 0 radical (unpaired) electrons. The minimum atomic E-state index is -3.41. The molecule has 0 aliphatic heterocycles. The van der Waals surface area contributed by atoms with E-state index in [4.69, 9.17) is 9.47 Å². The number of hydrogen-bond acceptors (Lipinski definition) is 7. The van der Waals surface area contributed by atoms with Crippen LogP contribution in [0.1, 0.15) is 29.8 Å². The first-order valence-electron chi connectivity index (χ1n) is 10.8. The third-order valence-corrected chi connectivity index (χ3v) is 7.53. The van der Waals surface area contributed by atoms with Gasteiger partial charge in [0, 0.05) is 34.7 Å². The number of aliphatic carboxylic acids is 1. The predicted molar refractivity (Wildman–Crippen MR) is 142 cm³/mol. The van der Waals surface area contributed by atoms with Crippen molar-refractivity contribution in [3.8, 4) is 21.9 Å². The molecule has 1 N–H and O–H groups in total. The summed E-state index contributed by atoms with van der Waals surface area (Å²) in [5.41, 5.74) is 0.628. The molecule has 1 aromatic heterocycles. The second kappa shape index (κ2) is 10.5. The van der Waals surface area contributed by atoms with Crippen LogP contribution >= 0.6 is 11.3 Å². The van der Waals surface area contributed by atoms with Gasteiger partial charge in [-0.25, -0.2) is 13.2 Å². The Morgan fingerprint density at radius 2 is 1.75 bits per heavy atom. The summed E-state index contributed by atoms with van der Waals surface area (Å²) in [6.07, 6.45) is 4.11. The van der Waals surface area contributed by atoms with Crippen LogP contribution in [0.3, 0.4) is 0 Å². The fourth-order valence-corrected chi connectivity index (χ4v) is 4.45. The van der Waals surface area contributed by atoms with E-state index in [2.05, 4.69) is 0 Å². The van der Waals surface area contributed by atoms with Gasteiger partial charge in [-0.3, -0.25) is 9.10 Å². The lowest BCUT2D eigenvalue weighted by molar-refractivity contribution is -0.152. The smallest absolute Gasteiger partial charge is 0.347 e. The second-order valence-electron chi connectivity index (χ2n) is 8.46. The number of anilines is 1. The first kappa shape index (κ1) is 27.0. The standard InChI is InChI=1S/C26H27NO7S2/c1-26(2,25(29)30)34-23-16-22(33-4)18(15-20(23)24-7-6-14-35-24)10-13-21(28)17-8-11-19(12-9-17)27(3)36(5,31)32/h6-16H,1-5H3,(H,29,30)/b13-10+. The average molecular weight is 530 g/mol. The molecular formula is C26H27NO7S2. The van der Waals surface area contributed by atoms with Gasteiger partial charge in [-0.15, -0.1) is 11.3 Å². The zero-order valence-corrected chi connectivity index (χ0v) is 22.1. The number of ketones is 1. The molecule has 190 valence electrons. The molecule has 8 nitrogen and oxygen atoms in total. The van der Waals surface area contributed by atoms with E-state index in [1.165, 1.54) is 45.4 Å². The molecular weight excluding hydrogens is 502 g/mol. The molecule has 1 heterocycles. The number of carbonyl (C=O) groups is 2. The lowest BCUT2D eigenvalue weighted by atomic mass is 10.0. The Hall–Kier alpha value is -3.63. The van der Waals surface area contributed by atoms with E-state index in [1.54, 1.807) is 42.5 Å². The van der Waals surface area contributed by atoms with Gasteiger partial charge in [-0.05, 0) is 67.8 Å². The van der Waals surface area contributed by atoms with Crippen LogP contribution in [-0.2, 0) is 14.8 Å². The van der Waals surface area contributed by atoms with E-state index in [0.717, 1.165) is 15.4 Å². The van der Waals surface area contributed by atoms with Gasteiger partial charge < -0.3 is 14.6 Å². The maximum Gasteiger partial charge on any atom is 0.347 e. The lowest BCUT2D eigenvalue weighted by Gasteiger charge is -2.24. The van der Waals surface area contributed by atoms with Crippen LogP contribution in [0.2, 0.25) is 0 Å². The van der Waals surface area contributed by atoms with Crippen LogP contribution in [0, 0.1) is 0 Å². The van der Waals surface area contributed by atoms with E-state index in [9.17, 15) is 23.1 Å². The largest absolute Gasteiger partial charge is 0.496 e. The fourth-order valence-electron chi connectivity index (χ4n) is 3.20. The van der Waals surface area contributed by atoms with Crippen molar-refractivity contribution in [2.45, 2.75) is 19.4 Å². The molecule has 36 heavy (non-hydrogen) atoms. The highest BCUT2D eigenvalue weighted by Gasteiger charge is 2.31. The van der Waals surface area contributed by atoms with Gasteiger partial charge >= 0.3 is 5.97 Å². The summed E-state index contributed by atoms with van der Waals surface area (Å²) in [7, 11) is -0.493. The Kier molecular flexibility index (Phi) is 7.90. The van der Waals surface area contributed by atoms with E-state index < -0.39 is 21.6 Å². The molecule has 0 saturated heterocycles. The van der Waals surface area contributed by atoms with Crippen molar-refractivity contribution in [2.75, 3.05) is 24.7 Å². The van der Waals surface area contributed by atoms with Gasteiger partial charge in [0.25, 0.3) is 0 Å². The summed E-state index contributed by atoms with van der Waals surface area (Å²) >= 11 is 1.47. The zero-order chi connectivity index (χ0) is 26.7. The Labute approximate surface area is 214 Å². The van der Waals surface area contributed by atoms with Crippen molar-refractivity contribution < 1.29 is 32.6 Å². The number of sulfonamides is 1. The van der Waals surface area contributed by atoms with Gasteiger partial charge in [0.2, 0.25) is 10.0 Å². The third-order valence-electron chi connectivity index (χ3n) is 5.43. The molecule has 0 saturated carbocycles. The minimum absolute atomic E-state index is 0.282. The molecule has 0 atom stereocenters. The SMILES string of the molecule is COc1cc(OC(C)(C)C(=O)O)c(-c2cccs2)cc1/C=C/C(=O)c1ccc(N(C)S(C)(=O)=O)cc1. The fraction of sp³-hybridized carbons (Fsp3) is 0.231. The van der Waals surface area contributed by atoms with E-state index in [0.29, 0.717) is 33.9 Å². The number of rotatable bonds is 10. The number of allylic oxidation sites excluding steroid dienone is 1. The zero-order valence-electron chi connectivity index (χ0n) is 20.5. The van der Waals surface area contributed by atoms with Crippen LogP contribution in [0.5, 0.6) is 11.5 Å².